The average Bonchev–Trinajstić information content (AvgIpc) is 3.23. The molecule has 31 heavy (non-hydrogen) atoms. The maximum Gasteiger partial charge on any atom is 0.119 e. The molecule has 160 valence electrons. The second-order valence-corrected chi connectivity index (χ2v) is 8.55. The molecule has 0 aliphatic carbocycles. The maximum absolute atomic E-state index is 6.13. The molecule has 1 saturated heterocycles. The van der Waals surface area contributed by atoms with Gasteiger partial charge in [0.1, 0.15) is 11.5 Å². The first-order valence-corrected chi connectivity index (χ1v) is 10.9. The number of hydrogen-bond donors (Lipinski definition) is 2. The van der Waals surface area contributed by atoms with E-state index in [1.807, 2.05) is 30.3 Å². The number of halogens is 1. The van der Waals surface area contributed by atoms with Crippen molar-refractivity contribution in [1.29, 1.82) is 0 Å². The average molecular weight is 436 g/mol. The summed E-state index contributed by atoms with van der Waals surface area (Å²) in [5.74, 6) is 2.11. The highest BCUT2D eigenvalue weighted by atomic mass is 35.5. The van der Waals surface area contributed by atoms with Crippen LogP contribution in [0.5, 0.6) is 11.5 Å². The molecule has 1 fully saturated rings. The van der Waals surface area contributed by atoms with E-state index in [1.54, 1.807) is 14.2 Å². The third-order valence-electron chi connectivity index (χ3n) is 6.33. The lowest BCUT2D eigenvalue weighted by Gasteiger charge is -2.39. The van der Waals surface area contributed by atoms with Crippen molar-refractivity contribution < 1.29 is 9.47 Å². The molecule has 5 nitrogen and oxygen atoms in total. The van der Waals surface area contributed by atoms with E-state index in [1.165, 1.54) is 22.4 Å². The summed E-state index contributed by atoms with van der Waals surface area (Å²) in [6.07, 6.45) is 0. The van der Waals surface area contributed by atoms with Gasteiger partial charge in [-0.05, 0) is 59.2 Å². The second kappa shape index (κ2) is 8.42. The molecule has 2 aliphatic rings. The van der Waals surface area contributed by atoms with Crippen molar-refractivity contribution in [2.75, 3.05) is 25.7 Å². The van der Waals surface area contributed by atoms with Crippen molar-refractivity contribution in [1.82, 2.24) is 10.9 Å². The molecule has 0 aromatic heterocycles. The predicted molar refractivity (Wildman–Crippen MR) is 124 cm³/mol. The largest absolute Gasteiger partial charge is 0.497 e. The number of fused-ring (bicyclic) bond motifs is 3. The van der Waals surface area contributed by atoms with E-state index >= 15 is 0 Å². The highest BCUT2D eigenvalue weighted by Crippen LogP contribution is 2.46. The lowest BCUT2D eigenvalue weighted by Crippen LogP contribution is -2.39. The zero-order valence-electron chi connectivity index (χ0n) is 17.6. The fourth-order valence-corrected chi connectivity index (χ4v) is 4.92. The number of hydrogen-bond acceptors (Lipinski definition) is 5. The van der Waals surface area contributed by atoms with Gasteiger partial charge in [0, 0.05) is 29.7 Å². The van der Waals surface area contributed by atoms with Gasteiger partial charge in [0.05, 0.1) is 26.3 Å². The van der Waals surface area contributed by atoms with Gasteiger partial charge in [0.15, 0.2) is 0 Å². The van der Waals surface area contributed by atoms with Gasteiger partial charge in [-0.25, -0.2) is 10.9 Å². The molecular weight excluding hydrogens is 410 g/mol. The number of hydrazine groups is 1. The molecule has 0 saturated carbocycles. The Morgan fingerprint density at radius 3 is 2.42 bits per heavy atom. The smallest absolute Gasteiger partial charge is 0.119 e. The Hall–Kier alpha value is -2.73. The van der Waals surface area contributed by atoms with Gasteiger partial charge in [0.2, 0.25) is 0 Å². The van der Waals surface area contributed by atoms with Crippen molar-refractivity contribution in [3.63, 3.8) is 0 Å². The maximum atomic E-state index is 6.13. The van der Waals surface area contributed by atoms with Gasteiger partial charge in [-0.15, -0.1) is 0 Å². The lowest BCUT2D eigenvalue weighted by molar-refractivity contribution is 0.392. The minimum absolute atomic E-state index is 0.189. The van der Waals surface area contributed by atoms with Gasteiger partial charge in [0.25, 0.3) is 0 Å². The first-order chi connectivity index (χ1) is 15.2. The molecule has 5 rings (SSSR count). The summed E-state index contributed by atoms with van der Waals surface area (Å²) >= 11 is 6.13. The first kappa shape index (κ1) is 20.2. The number of methoxy groups -OCH3 is 2. The Labute approximate surface area is 187 Å². The van der Waals surface area contributed by atoms with Crippen LogP contribution in [-0.2, 0) is 6.54 Å². The molecule has 3 aromatic carbocycles. The van der Waals surface area contributed by atoms with Crippen molar-refractivity contribution in [3.8, 4) is 11.5 Å². The van der Waals surface area contributed by atoms with Gasteiger partial charge >= 0.3 is 0 Å². The minimum atomic E-state index is 0.189. The predicted octanol–water partition coefficient (Wildman–Crippen LogP) is 4.88. The molecule has 2 N–H and O–H groups in total. The van der Waals surface area contributed by atoms with Crippen LogP contribution in [0, 0.1) is 5.92 Å². The highest BCUT2D eigenvalue weighted by Gasteiger charge is 2.43. The number of nitrogens with one attached hydrogen (secondary N) is 2. The molecular formula is C25H26ClN3O2. The summed E-state index contributed by atoms with van der Waals surface area (Å²) in [4.78, 5) is 2.46. The van der Waals surface area contributed by atoms with Crippen LogP contribution in [-0.4, -0.2) is 20.8 Å². The van der Waals surface area contributed by atoms with Crippen molar-refractivity contribution in [2.24, 2.45) is 5.92 Å². The number of benzene rings is 3. The van der Waals surface area contributed by atoms with Crippen molar-refractivity contribution in [2.45, 2.75) is 18.6 Å². The van der Waals surface area contributed by atoms with E-state index in [2.05, 4.69) is 52.1 Å². The van der Waals surface area contributed by atoms with E-state index in [9.17, 15) is 0 Å². The molecule has 0 amide bonds. The third kappa shape index (κ3) is 3.85. The quantitative estimate of drug-likeness (QED) is 0.597. The molecule has 3 aromatic rings. The summed E-state index contributed by atoms with van der Waals surface area (Å²) < 4.78 is 11.0. The Bertz CT molecular complexity index is 1070. The number of anilines is 1. The van der Waals surface area contributed by atoms with Crippen LogP contribution in [0.25, 0.3) is 0 Å². The molecule has 6 heteroatoms. The normalized spacial score (nSPS) is 22.0. The summed E-state index contributed by atoms with van der Waals surface area (Å²) in [7, 11) is 3.42. The van der Waals surface area contributed by atoms with Crippen LogP contribution in [0.2, 0.25) is 5.02 Å². The third-order valence-corrected chi connectivity index (χ3v) is 6.58. The van der Waals surface area contributed by atoms with Crippen molar-refractivity contribution in [3.05, 3.63) is 88.4 Å². The monoisotopic (exact) mass is 435 g/mol. The zero-order chi connectivity index (χ0) is 21.4. The molecule has 0 spiro atoms. The Morgan fingerprint density at radius 1 is 0.903 bits per heavy atom. The lowest BCUT2D eigenvalue weighted by atomic mass is 9.82. The van der Waals surface area contributed by atoms with Crippen LogP contribution in [0.3, 0.4) is 0 Å². The first-order valence-electron chi connectivity index (χ1n) is 10.5. The van der Waals surface area contributed by atoms with E-state index in [4.69, 9.17) is 21.1 Å². The van der Waals surface area contributed by atoms with Crippen molar-refractivity contribution >= 4 is 17.3 Å². The Morgan fingerprint density at radius 2 is 1.65 bits per heavy atom. The number of rotatable bonds is 5. The number of ether oxygens (including phenoxy) is 2. The fraction of sp³-hybridized carbons (Fsp3) is 0.280. The van der Waals surface area contributed by atoms with Crippen LogP contribution in [0.1, 0.15) is 28.8 Å². The zero-order valence-corrected chi connectivity index (χ0v) is 18.4. The molecule has 0 bridgehead atoms. The second-order valence-electron chi connectivity index (χ2n) is 8.12. The minimum Gasteiger partial charge on any atom is -0.497 e. The summed E-state index contributed by atoms with van der Waals surface area (Å²) in [5.41, 5.74) is 12.0. The van der Waals surface area contributed by atoms with Gasteiger partial charge in [-0.2, -0.15) is 0 Å². The van der Waals surface area contributed by atoms with Crippen LogP contribution in [0.15, 0.2) is 66.7 Å². The summed E-state index contributed by atoms with van der Waals surface area (Å²) in [5, 5.41) is 0.754. The van der Waals surface area contributed by atoms with Gasteiger partial charge in [-0.1, -0.05) is 35.9 Å². The van der Waals surface area contributed by atoms with Gasteiger partial charge < -0.3 is 14.4 Å². The van der Waals surface area contributed by atoms with E-state index in [0.29, 0.717) is 5.92 Å². The number of nitrogens with zero attached hydrogens (tertiary/aromatic N) is 1. The molecule has 3 atom stereocenters. The van der Waals surface area contributed by atoms with Crippen LogP contribution < -0.4 is 25.2 Å². The summed E-state index contributed by atoms with van der Waals surface area (Å²) in [6, 6.07) is 23.2. The Balaban J connectivity index is 1.51. The summed E-state index contributed by atoms with van der Waals surface area (Å²) in [6.45, 7) is 1.74. The topological polar surface area (TPSA) is 45.8 Å². The highest BCUT2D eigenvalue weighted by molar-refractivity contribution is 6.30. The van der Waals surface area contributed by atoms with Crippen LogP contribution in [0.4, 0.5) is 5.69 Å². The van der Waals surface area contributed by atoms with Crippen LogP contribution >= 0.6 is 11.6 Å². The van der Waals surface area contributed by atoms with E-state index in [-0.39, 0.29) is 12.1 Å². The molecule has 2 aliphatic heterocycles. The molecule has 3 unspecified atom stereocenters. The van der Waals surface area contributed by atoms with E-state index < -0.39 is 0 Å². The SMILES string of the molecule is COc1cccc(CN2CC3C(c4ccc(Cl)cc4)NNC3c3cc(OC)ccc32)c1. The van der Waals surface area contributed by atoms with E-state index in [0.717, 1.165) is 29.6 Å². The Kier molecular flexibility index (Phi) is 5.48. The molecule has 0 radical (unpaired) electrons. The molecule has 2 heterocycles. The van der Waals surface area contributed by atoms with Gasteiger partial charge in [-0.3, -0.25) is 0 Å². The standard InChI is InChI=1S/C25H26ClN3O2/c1-30-19-5-3-4-16(12-19)14-29-15-22-24(17-6-8-18(26)9-7-17)27-28-25(22)21-13-20(31-2)10-11-23(21)29/h3-13,22,24-25,27-28H,14-15H2,1-2H3. The fourth-order valence-electron chi connectivity index (χ4n) is 4.80.